The van der Waals surface area contributed by atoms with Gasteiger partial charge in [-0.3, -0.25) is 4.79 Å². The van der Waals surface area contributed by atoms with Gasteiger partial charge in [-0.25, -0.2) is 0 Å². The van der Waals surface area contributed by atoms with Gasteiger partial charge in [0, 0.05) is 32.7 Å². The lowest BCUT2D eigenvalue weighted by molar-refractivity contribution is -0.123. The Morgan fingerprint density at radius 2 is 1.95 bits per heavy atom. The highest BCUT2D eigenvalue weighted by molar-refractivity contribution is 5.78. The lowest BCUT2D eigenvalue weighted by Crippen LogP contribution is -2.35. The minimum atomic E-state index is -0.122. The summed E-state index contributed by atoms with van der Waals surface area (Å²) < 4.78 is 0. The van der Waals surface area contributed by atoms with E-state index in [1.54, 1.807) is 7.05 Å². The molecule has 1 aromatic rings. The molecule has 0 fully saturated rings. The Morgan fingerprint density at radius 3 is 2.43 bits per heavy atom. The molecule has 6 nitrogen and oxygen atoms in total. The highest BCUT2D eigenvalue weighted by Crippen LogP contribution is 2.23. The van der Waals surface area contributed by atoms with Crippen molar-refractivity contribution in [2.75, 3.05) is 25.5 Å². The Hall–Kier alpha value is -1.69. The van der Waals surface area contributed by atoms with E-state index in [2.05, 4.69) is 29.4 Å². The smallest absolute Gasteiger partial charge is 0.224 e. The van der Waals surface area contributed by atoms with Crippen LogP contribution in [-0.4, -0.2) is 36.7 Å². The molecule has 118 valence electrons. The Labute approximate surface area is 127 Å². The second-order valence-corrected chi connectivity index (χ2v) is 5.23. The summed E-state index contributed by atoms with van der Waals surface area (Å²) in [7, 11) is 3.57. The number of rotatable bonds is 7. The molecule has 0 spiro atoms. The standard InChI is InChI=1S/C15H27N5O/c1-6-11-12(8-16)14(19-18-13(11)7-2)20(5)9-10(3)15(21)17-4/h10H,6-9,16H2,1-5H3,(H,17,21). The summed E-state index contributed by atoms with van der Waals surface area (Å²) in [6.07, 6.45) is 1.73. The number of aryl methyl sites for hydroxylation is 1. The topological polar surface area (TPSA) is 84.1 Å². The molecule has 1 rings (SSSR count). The molecule has 6 heteroatoms. The van der Waals surface area contributed by atoms with E-state index in [9.17, 15) is 4.79 Å². The van der Waals surface area contributed by atoms with Crippen molar-refractivity contribution in [2.45, 2.75) is 40.2 Å². The SMILES string of the molecule is CCc1nnc(N(C)CC(C)C(=O)NC)c(CN)c1CC. The van der Waals surface area contributed by atoms with E-state index < -0.39 is 0 Å². The molecule has 1 atom stereocenters. The number of nitrogens with one attached hydrogen (secondary N) is 1. The molecule has 0 radical (unpaired) electrons. The van der Waals surface area contributed by atoms with Crippen molar-refractivity contribution in [2.24, 2.45) is 11.7 Å². The van der Waals surface area contributed by atoms with Gasteiger partial charge in [0.1, 0.15) is 0 Å². The summed E-state index contributed by atoms with van der Waals surface area (Å²) >= 11 is 0. The fraction of sp³-hybridized carbons (Fsp3) is 0.667. The second kappa shape index (κ2) is 7.93. The number of nitrogens with two attached hydrogens (primary N) is 1. The van der Waals surface area contributed by atoms with Crippen LogP contribution >= 0.6 is 0 Å². The highest BCUT2D eigenvalue weighted by atomic mass is 16.1. The fourth-order valence-corrected chi connectivity index (χ4v) is 2.59. The Kier molecular flexibility index (Phi) is 6.55. The largest absolute Gasteiger partial charge is 0.359 e. The van der Waals surface area contributed by atoms with Gasteiger partial charge in [0.05, 0.1) is 11.6 Å². The molecule has 1 aromatic heterocycles. The molecule has 0 saturated carbocycles. The normalized spacial score (nSPS) is 12.1. The predicted octanol–water partition coefficient (Wildman–Crippen LogP) is 0.878. The van der Waals surface area contributed by atoms with Gasteiger partial charge >= 0.3 is 0 Å². The maximum Gasteiger partial charge on any atom is 0.224 e. The van der Waals surface area contributed by atoms with Gasteiger partial charge in [-0.1, -0.05) is 20.8 Å². The summed E-state index contributed by atoms with van der Waals surface area (Å²) in [6.45, 7) is 7.08. The first-order valence-corrected chi connectivity index (χ1v) is 7.50. The molecule has 0 aromatic carbocycles. The van der Waals surface area contributed by atoms with E-state index in [1.165, 1.54) is 5.56 Å². The zero-order chi connectivity index (χ0) is 16.0. The van der Waals surface area contributed by atoms with Gasteiger partial charge in [-0.15, -0.1) is 5.10 Å². The molecule has 0 aliphatic heterocycles. The highest BCUT2D eigenvalue weighted by Gasteiger charge is 2.19. The first-order chi connectivity index (χ1) is 9.99. The average molecular weight is 293 g/mol. The van der Waals surface area contributed by atoms with Crippen molar-refractivity contribution >= 4 is 11.7 Å². The monoisotopic (exact) mass is 293 g/mol. The first kappa shape index (κ1) is 17.4. The average Bonchev–Trinajstić information content (AvgIpc) is 2.51. The van der Waals surface area contributed by atoms with Gasteiger partial charge in [-0.2, -0.15) is 5.10 Å². The quantitative estimate of drug-likeness (QED) is 0.779. The summed E-state index contributed by atoms with van der Waals surface area (Å²) in [6, 6.07) is 0. The van der Waals surface area contributed by atoms with Crippen molar-refractivity contribution in [1.82, 2.24) is 15.5 Å². The van der Waals surface area contributed by atoms with Crippen molar-refractivity contribution < 1.29 is 4.79 Å². The van der Waals surface area contributed by atoms with Gasteiger partial charge in [0.2, 0.25) is 5.91 Å². The lowest BCUT2D eigenvalue weighted by atomic mass is 10.0. The molecule has 0 bridgehead atoms. The van der Waals surface area contributed by atoms with Crippen LogP contribution < -0.4 is 16.0 Å². The third kappa shape index (κ3) is 3.91. The van der Waals surface area contributed by atoms with Crippen LogP contribution in [0.15, 0.2) is 0 Å². The van der Waals surface area contributed by atoms with Gasteiger partial charge < -0.3 is 16.0 Å². The molecule has 0 saturated heterocycles. The molecule has 1 amide bonds. The lowest BCUT2D eigenvalue weighted by Gasteiger charge is -2.25. The minimum Gasteiger partial charge on any atom is -0.359 e. The van der Waals surface area contributed by atoms with Crippen LogP contribution in [0.1, 0.15) is 37.6 Å². The molecule has 0 aliphatic carbocycles. The zero-order valence-electron chi connectivity index (χ0n) is 13.7. The number of hydrogen-bond donors (Lipinski definition) is 2. The van der Waals surface area contributed by atoms with Crippen LogP contribution in [0.2, 0.25) is 0 Å². The summed E-state index contributed by atoms with van der Waals surface area (Å²) in [5, 5.41) is 11.3. The minimum absolute atomic E-state index is 0.0185. The number of anilines is 1. The van der Waals surface area contributed by atoms with Crippen molar-refractivity contribution in [3.63, 3.8) is 0 Å². The molecule has 1 unspecified atom stereocenters. The molecular formula is C15H27N5O. The molecular weight excluding hydrogens is 266 g/mol. The van der Waals surface area contributed by atoms with Crippen molar-refractivity contribution in [1.29, 1.82) is 0 Å². The summed E-state index contributed by atoms with van der Waals surface area (Å²) in [5.74, 6) is 0.677. The molecule has 1 heterocycles. The first-order valence-electron chi connectivity index (χ1n) is 7.50. The molecule has 0 aliphatic rings. The summed E-state index contributed by atoms with van der Waals surface area (Å²) in [4.78, 5) is 13.6. The van der Waals surface area contributed by atoms with E-state index in [1.807, 2.05) is 18.9 Å². The number of aromatic nitrogens is 2. The Morgan fingerprint density at radius 1 is 1.29 bits per heavy atom. The fourth-order valence-electron chi connectivity index (χ4n) is 2.59. The van der Waals surface area contributed by atoms with Crippen LogP contribution in [0, 0.1) is 5.92 Å². The number of carbonyl (C=O) groups excluding carboxylic acids is 1. The number of amides is 1. The maximum atomic E-state index is 11.7. The van der Waals surface area contributed by atoms with E-state index in [0.29, 0.717) is 13.1 Å². The molecule has 21 heavy (non-hydrogen) atoms. The second-order valence-electron chi connectivity index (χ2n) is 5.23. The van der Waals surface area contributed by atoms with Crippen molar-refractivity contribution in [3.05, 3.63) is 16.8 Å². The van der Waals surface area contributed by atoms with Crippen molar-refractivity contribution in [3.8, 4) is 0 Å². The van der Waals surface area contributed by atoms with Crippen LogP contribution in [-0.2, 0) is 24.2 Å². The third-order valence-electron chi connectivity index (χ3n) is 3.74. The van der Waals surface area contributed by atoms with Crippen LogP contribution in [0.3, 0.4) is 0 Å². The number of hydrogen-bond acceptors (Lipinski definition) is 5. The zero-order valence-corrected chi connectivity index (χ0v) is 13.7. The van der Waals surface area contributed by atoms with Gasteiger partial charge in [-0.05, 0) is 18.4 Å². The van der Waals surface area contributed by atoms with Crippen LogP contribution in [0.4, 0.5) is 5.82 Å². The van der Waals surface area contributed by atoms with Gasteiger partial charge in [0.25, 0.3) is 0 Å². The van der Waals surface area contributed by atoms with E-state index in [4.69, 9.17) is 5.73 Å². The summed E-state index contributed by atoms with van der Waals surface area (Å²) in [5.41, 5.74) is 9.16. The number of carbonyl (C=O) groups is 1. The number of nitrogens with zero attached hydrogens (tertiary/aromatic N) is 3. The van der Waals surface area contributed by atoms with Crippen LogP contribution in [0.25, 0.3) is 0 Å². The van der Waals surface area contributed by atoms with Gasteiger partial charge in [0.15, 0.2) is 5.82 Å². The van der Waals surface area contributed by atoms with E-state index in [-0.39, 0.29) is 11.8 Å². The van der Waals surface area contributed by atoms with E-state index in [0.717, 1.165) is 29.9 Å². The molecule has 3 N–H and O–H groups in total. The third-order valence-corrected chi connectivity index (χ3v) is 3.74. The van der Waals surface area contributed by atoms with E-state index >= 15 is 0 Å². The van der Waals surface area contributed by atoms with Crippen LogP contribution in [0.5, 0.6) is 0 Å². The Bertz CT molecular complexity index is 489. The predicted molar refractivity (Wildman–Crippen MR) is 85.2 cm³/mol. The Balaban J connectivity index is 3.09. The maximum absolute atomic E-state index is 11.7.